The van der Waals surface area contributed by atoms with E-state index in [0.29, 0.717) is 19.2 Å². The summed E-state index contributed by atoms with van der Waals surface area (Å²) >= 11 is 0. The van der Waals surface area contributed by atoms with E-state index >= 15 is 0 Å². The van der Waals surface area contributed by atoms with Crippen LogP contribution >= 0.6 is 0 Å². The maximum atomic E-state index is 13.6. The molecule has 1 aromatic carbocycles. The highest BCUT2D eigenvalue weighted by atomic mass is 19.4. The minimum Gasteiger partial charge on any atom is -0.478 e. The van der Waals surface area contributed by atoms with Gasteiger partial charge < -0.3 is 20.1 Å². The number of likely N-dealkylation sites (N-methyl/N-ethyl adjacent to an activating group) is 1. The number of carboxylic acids is 1. The number of benzene rings is 1. The van der Waals surface area contributed by atoms with Crippen molar-refractivity contribution in [2.75, 3.05) is 45.1 Å². The first-order valence-corrected chi connectivity index (χ1v) is 7.58. The van der Waals surface area contributed by atoms with Crippen molar-refractivity contribution in [1.29, 1.82) is 0 Å². The molecule has 7 nitrogen and oxygen atoms in total. The molecular weight excluding hydrogens is 362 g/mol. The monoisotopic (exact) mass is 379 g/mol. The number of alkyl halides is 3. The highest BCUT2D eigenvalue weighted by molar-refractivity contribution is 5.96. The van der Waals surface area contributed by atoms with Crippen LogP contribution in [0.2, 0.25) is 0 Å². The van der Waals surface area contributed by atoms with Crippen LogP contribution in [0.25, 0.3) is 0 Å². The highest BCUT2D eigenvalue weighted by Crippen LogP contribution is 2.33. The summed E-state index contributed by atoms with van der Waals surface area (Å²) in [6, 6.07) is 0.878. The second-order valence-corrected chi connectivity index (χ2v) is 5.81. The molecule has 1 aliphatic heterocycles. The van der Waals surface area contributed by atoms with Gasteiger partial charge in [-0.05, 0) is 13.1 Å². The fourth-order valence-electron chi connectivity index (χ4n) is 2.42. The van der Waals surface area contributed by atoms with Crippen molar-refractivity contribution in [1.82, 2.24) is 9.80 Å². The molecule has 144 valence electrons. The number of carbonyl (C=O) groups excluding carboxylic acids is 1. The zero-order valence-electron chi connectivity index (χ0n) is 13.8. The lowest BCUT2D eigenvalue weighted by Crippen LogP contribution is -2.47. The first kappa shape index (κ1) is 19.9. The van der Waals surface area contributed by atoms with Crippen molar-refractivity contribution in [3.05, 3.63) is 23.5 Å². The first-order valence-electron chi connectivity index (χ1n) is 7.58. The lowest BCUT2D eigenvalue weighted by atomic mass is 10.1. The van der Waals surface area contributed by atoms with Gasteiger partial charge in [-0.1, -0.05) is 0 Å². The lowest BCUT2D eigenvalue weighted by Gasteiger charge is -2.31. The zero-order valence-corrected chi connectivity index (χ0v) is 13.8. The van der Waals surface area contributed by atoms with Crippen LogP contribution < -0.4 is 10.1 Å². The Morgan fingerprint density at radius 1 is 1.23 bits per heavy atom. The van der Waals surface area contributed by atoms with Gasteiger partial charge in [0.05, 0.1) is 17.8 Å². The smallest absolute Gasteiger partial charge is 0.478 e. The number of nitrogens with one attached hydrogen (secondary N) is 1. The van der Waals surface area contributed by atoms with E-state index in [0.717, 1.165) is 13.1 Å². The fraction of sp³-hybridized carbons (Fsp3) is 0.467. The number of carbonyl (C=O) groups is 2. The van der Waals surface area contributed by atoms with E-state index < -0.39 is 41.1 Å². The van der Waals surface area contributed by atoms with Gasteiger partial charge in [-0.3, -0.25) is 9.69 Å². The third-order valence-corrected chi connectivity index (χ3v) is 3.76. The molecular formula is C15H17F4N3O4. The Hall–Kier alpha value is -2.40. The summed E-state index contributed by atoms with van der Waals surface area (Å²) in [6.07, 6.45) is -5.13. The molecule has 1 aromatic rings. The minimum absolute atomic E-state index is 0.0981. The van der Waals surface area contributed by atoms with Crippen LogP contribution in [0.4, 0.5) is 23.2 Å². The number of nitrogens with zero attached hydrogens (tertiary/aromatic N) is 2. The number of amides is 1. The predicted octanol–water partition coefficient (Wildman–Crippen LogP) is 1.61. The van der Waals surface area contributed by atoms with Crippen LogP contribution in [0.5, 0.6) is 5.75 Å². The van der Waals surface area contributed by atoms with Gasteiger partial charge >= 0.3 is 12.3 Å². The summed E-state index contributed by atoms with van der Waals surface area (Å²) in [5.74, 6) is -4.78. The molecule has 2 N–H and O–H groups in total. The third kappa shape index (κ3) is 5.56. The van der Waals surface area contributed by atoms with Crippen LogP contribution in [-0.4, -0.2) is 72.9 Å². The van der Waals surface area contributed by atoms with Crippen molar-refractivity contribution in [2.45, 2.75) is 6.36 Å². The number of rotatable bonds is 5. The second-order valence-electron chi connectivity index (χ2n) is 5.81. The van der Waals surface area contributed by atoms with Gasteiger partial charge in [-0.2, -0.15) is 0 Å². The molecule has 1 fully saturated rings. The molecule has 26 heavy (non-hydrogen) atoms. The van der Waals surface area contributed by atoms with Gasteiger partial charge in [-0.25, -0.2) is 9.18 Å². The van der Waals surface area contributed by atoms with E-state index in [1.54, 1.807) is 4.90 Å². The Kier molecular flexibility index (Phi) is 6.03. The molecule has 0 radical (unpaired) electrons. The third-order valence-electron chi connectivity index (χ3n) is 3.76. The molecule has 1 amide bonds. The van der Waals surface area contributed by atoms with E-state index in [1.165, 1.54) is 0 Å². The predicted molar refractivity (Wildman–Crippen MR) is 82.6 cm³/mol. The van der Waals surface area contributed by atoms with Crippen LogP contribution in [-0.2, 0) is 4.79 Å². The Labute approximate surface area is 146 Å². The van der Waals surface area contributed by atoms with Gasteiger partial charge in [0.25, 0.3) is 0 Å². The Morgan fingerprint density at radius 2 is 1.85 bits per heavy atom. The maximum Gasteiger partial charge on any atom is 0.573 e. The van der Waals surface area contributed by atoms with Crippen LogP contribution in [0.15, 0.2) is 12.1 Å². The van der Waals surface area contributed by atoms with Crippen LogP contribution in [0.3, 0.4) is 0 Å². The van der Waals surface area contributed by atoms with Gasteiger partial charge in [-0.15, -0.1) is 13.2 Å². The molecule has 0 bridgehead atoms. The molecule has 2 rings (SSSR count). The van der Waals surface area contributed by atoms with Crippen molar-refractivity contribution in [3.8, 4) is 5.75 Å². The average molecular weight is 379 g/mol. The number of carboxylic acid groups (broad SMARTS) is 1. The molecule has 11 heteroatoms. The van der Waals surface area contributed by atoms with Crippen molar-refractivity contribution < 1.29 is 37.0 Å². The van der Waals surface area contributed by atoms with Crippen molar-refractivity contribution >= 4 is 17.6 Å². The first-order chi connectivity index (χ1) is 12.0. The van der Waals surface area contributed by atoms with E-state index in [2.05, 4.69) is 15.0 Å². The summed E-state index contributed by atoms with van der Waals surface area (Å²) in [5.41, 5.74) is -1.45. The van der Waals surface area contributed by atoms with Crippen LogP contribution in [0.1, 0.15) is 10.4 Å². The Bertz CT molecular complexity index is 688. The van der Waals surface area contributed by atoms with E-state index in [4.69, 9.17) is 5.11 Å². The van der Waals surface area contributed by atoms with Crippen LogP contribution in [0, 0.1) is 5.82 Å². The molecule has 0 saturated carbocycles. The van der Waals surface area contributed by atoms with Crippen molar-refractivity contribution in [2.24, 2.45) is 0 Å². The van der Waals surface area contributed by atoms with Crippen molar-refractivity contribution in [3.63, 3.8) is 0 Å². The largest absolute Gasteiger partial charge is 0.573 e. The highest BCUT2D eigenvalue weighted by Gasteiger charge is 2.33. The summed E-state index contributed by atoms with van der Waals surface area (Å²) in [4.78, 5) is 26.9. The molecule has 0 aliphatic carbocycles. The lowest BCUT2D eigenvalue weighted by molar-refractivity contribution is -0.274. The van der Waals surface area contributed by atoms with Gasteiger partial charge in [0, 0.05) is 32.2 Å². The fourth-order valence-corrected chi connectivity index (χ4v) is 2.42. The number of hydrogen-bond donors (Lipinski definition) is 2. The number of hydrogen-bond acceptors (Lipinski definition) is 5. The van der Waals surface area contributed by atoms with E-state index in [9.17, 15) is 27.2 Å². The molecule has 0 unspecified atom stereocenters. The standard InChI is InChI=1S/C15H17F4N3O4/c1-21-2-4-22(5-3-21)8-13(23)20-11-6-9(14(24)25)10(16)7-12(11)26-15(17,18)19/h6-7H,2-5,8H2,1H3,(H,20,23)(H,24,25). The summed E-state index contributed by atoms with van der Waals surface area (Å²) in [5, 5.41) is 11.1. The topological polar surface area (TPSA) is 82.1 Å². The molecule has 1 heterocycles. The minimum atomic E-state index is -5.13. The quantitative estimate of drug-likeness (QED) is 0.757. The number of halogens is 4. The molecule has 1 saturated heterocycles. The van der Waals surface area contributed by atoms with Gasteiger partial charge in [0.15, 0.2) is 5.75 Å². The molecule has 1 aliphatic rings. The van der Waals surface area contributed by atoms with Gasteiger partial charge in [0.1, 0.15) is 5.82 Å². The Morgan fingerprint density at radius 3 is 2.38 bits per heavy atom. The summed E-state index contributed by atoms with van der Waals surface area (Å²) in [6.45, 7) is 2.56. The second kappa shape index (κ2) is 7.87. The SMILES string of the molecule is CN1CCN(CC(=O)Nc2cc(C(=O)O)c(F)cc2OC(F)(F)F)CC1. The average Bonchev–Trinajstić information content (AvgIpc) is 2.50. The molecule has 0 spiro atoms. The Balaban J connectivity index is 2.18. The zero-order chi connectivity index (χ0) is 19.5. The molecule has 0 aromatic heterocycles. The van der Waals surface area contributed by atoms with Gasteiger partial charge in [0.2, 0.25) is 5.91 Å². The normalized spacial score (nSPS) is 16.3. The summed E-state index contributed by atoms with van der Waals surface area (Å²) < 4.78 is 54.8. The molecule has 0 atom stereocenters. The maximum absolute atomic E-state index is 13.6. The number of piperazine rings is 1. The number of ether oxygens (including phenoxy) is 1. The van der Waals surface area contributed by atoms with E-state index in [-0.39, 0.29) is 12.6 Å². The number of aromatic carboxylic acids is 1. The number of anilines is 1. The summed E-state index contributed by atoms with van der Waals surface area (Å²) in [7, 11) is 1.92. The van der Waals surface area contributed by atoms with E-state index in [1.807, 2.05) is 7.05 Å².